The van der Waals surface area contributed by atoms with E-state index in [0.29, 0.717) is 11.8 Å². The van der Waals surface area contributed by atoms with Crippen LogP contribution in [0.2, 0.25) is 19.6 Å². The van der Waals surface area contributed by atoms with Crippen molar-refractivity contribution in [3.05, 3.63) is 70.9 Å². The van der Waals surface area contributed by atoms with E-state index in [1.807, 2.05) is 48.3 Å². The number of nitrogens with zero attached hydrogens (tertiary/aromatic N) is 2. The summed E-state index contributed by atoms with van der Waals surface area (Å²) in [7, 11) is 2.72. The Bertz CT molecular complexity index is 1020. The zero-order chi connectivity index (χ0) is 23.8. The van der Waals surface area contributed by atoms with Crippen molar-refractivity contribution in [3.8, 4) is 11.5 Å². The lowest BCUT2D eigenvalue weighted by molar-refractivity contribution is 0.239. The van der Waals surface area contributed by atoms with Crippen molar-refractivity contribution >= 4 is 47.7 Å². The van der Waals surface area contributed by atoms with Crippen LogP contribution in [-0.2, 0) is 6.42 Å². The second-order valence-corrected chi connectivity index (χ2v) is 15.4. The second-order valence-electron chi connectivity index (χ2n) is 9.23. The Morgan fingerprint density at radius 1 is 0.970 bits per heavy atom. The molecule has 7 heteroatoms. The number of hydrogen-bond acceptors (Lipinski definition) is 5. The van der Waals surface area contributed by atoms with Crippen molar-refractivity contribution in [3.63, 3.8) is 0 Å². The summed E-state index contributed by atoms with van der Waals surface area (Å²) in [5, 5.41) is 6.14. The molecule has 0 saturated carbocycles. The number of thiophene rings is 1. The zero-order valence-corrected chi connectivity index (χ0v) is 22.8. The van der Waals surface area contributed by atoms with Crippen molar-refractivity contribution < 1.29 is 9.47 Å². The molecule has 0 saturated heterocycles. The average Bonchev–Trinajstić information content (AvgIpc) is 3.31. The Balaban J connectivity index is 1.48. The maximum absolute atomic E-state index is 6.00. The molecule has 0 aliphatic rings. The van der Waals surface area contributed by atoms with Gasteiger partial charge in [0.25, 0.3) is 5.17 Å². The van der Waals surface area contributed by atoms with Gasteiger partial charge < -0.3 is 19.3 Å². The third-order valence-corrected chi connectivity index (χ3v) is 8.66. The summed E-state index contributed by atoms with van der Waals surface area (Å²) < 4.78 is 11.9. The van der Waals surface area contributed by atoms with Gasteiger partial charge in [0.05, 0.1) is 8.07 Å². The van der Waals surface area contributed by atoms with Gasteiger partial charge in [-0.1, -0.05) is 43.0 Å². The van der Waals surface area contributed by atoms with E-state index in [4.69, 9.17) is 21.7 Å². The highest BCUT2D eigenvalue weighted by Crippen LogP contribution is 2.22. The molecule has 33 heavy (non-hydrogen) atoms. The summed E-state index contributed by atoms with van der Waals surface area (Å²) in [6.07, 6.45) is 1.07. The predicted octanol–water partition coefficient (Wildman–Crippen LogP) is 5.65. The van der Waals surface area contributed by atoms with Crippen LogP contribution in [0.5, 0.6) is 11.5 Å². The van der Waals surface area contributed by atoms with Crippen molar-refractivity contribution in [2.45, 2.75) is 26.1 Å². The van der Waals surface area contributed by atoms with E-state index in [-0.39, 0.29) is 0 Å². The lowest BCUT2D eigenvalue weighted by Gasteiger charge is -2.22. The van der Waals surface area contributed by atoms with Gasteiger partial charge in [-0.25, -0.2) is 0 Å². The Hall–Kier alpha value is -2.19. The minimum Gasteiger partial charge on any atom is -0.492 e. The molecule has 1 aromatic heterocycles. The lowest BCUT2D eigenvalue weighted by Crippen LogP contribution is -2.37. The van der Waals surface area contributed by atoms with E-state index < -0.39 is 8.07 Å². The summed E-state index contributed by atoms with van der Waals surface area (Å²) in [5.74, 6) is 1.58. The van der Waals surface area contributed by atoms with E-state index >= 15 is 0 Å². The molecule has 0 atom stereocenters. The summed E-state index contributed by atoms with van der Waals surface area (Å²) in [5.41, 5.74) is 2.33. The van der Waals surface area contributed by atoms with Crippen LogP contribution in [-0.4, -0.2) is 51.9 Å². The van der Waals surface area contributed by atoms with Gasteiger partial charge in [0.15, 0.2) is 0 Å². The molecule has 0 unspecified atom stereocenters. The third-order valence-electron chi connectivity index (χ3n) is 5.51. The lowest BCUT2D eigenvalue weighted by atomic mass is 10.2. The molecular formula is C26H34N2O2S2Si. The first kappa shape index (κ1) is 25.4. The molecule has 2 aromatic carbocycles. The number of anilines is 1. The molecule has 3 rings (SSSR count). The van der Waals surface area contributed by atoms with Crippen LogP contribution in [0.15, 0.2) is 65.4 Å². The van der Waals surface area contributed by atoms with Crippen molar-refractivity contribution in [2.75, 3.05) is 38.7 Å². The predicted molar refractivity (Wildman–Crippen MR) is 149 cm³/mol. The molecule has 176 valence electrons. The van der Waals surface area contributed by atoms with Crippen LogP contribution in [0.4, 0.5) is 5.69 Å². The first-order valence-electron chi connectivity index (χ1n) is 11.2. The molecule has 0 fully saturated rings. The molecule has 0 spiro atoms. The summed E-state index contributed by atoms with van der Waals surface area (Å²) >= 11 is 7.29. The molecule has 0 bridgehead atoms. The number of hydrogen-bond donors (Lipinski definition) is 0. The Kier molecular flexibility index (Phi) is 9.08. The fraction of sp³-hybridized carbons (Fsp3) is 0.346. The molecule has 0 aliphatic carbocycles. The highest BCUT2D eigenvalue weighted by Gasteiger charge is 2.16. The normalized spacial score (nSPS) is 11.5. The summed E-state index contributed by atoms with van der Waals surface area (Å²) in [6.45, 7) is 9.53. The zero-order valence-electron chi connectivity index (χ0n) is 20.2. The molecular weight excluding hydrogens is 465 g/mol. The first-order valence-corrected chi connectivity index (χ1v) is 16.1. The van der Waals surface area contributed by atoms with Crippen molar-refractivity contribution in [1.82, 2.24) is 4.90 Å². The van der Waals surface area contributed by atoms with Crippen LogP contribution in [0.25, 0.3) is 0 Å². The quantitative estimate of drug-likeness (QED) is 0.266. The van der Waals surface area contributed by atoms with E-state index in [9.17, 15) is 0 Å². The Morgan fingerprint density at radius 2 is 1.73 bits per heavy atom. The summed E-state index contributed by atoms with van der Waals surface area (Å²) in [4.78, 5) is 4.16. The molecule has 1 heterocycles. The molecule has 0 amide bonds. The number of thiocarbonyl (C=S) groups is 1. The molecule has 0 radical (unpaired) electrons. The SMILES string of the molecule is CN(CCOc1cccc(N(C)C(=S)Oc2ccc([Si](C)(C)C)cc2)c1)CCc1ccsc1. The van der Waals surface area contributed by atoms with Gasteiger partial charge >= 0.3 is 0 Å². The van der Waals surface area contributed by atoms with Gasteiger partial charge in [0.2, 0.25) is 0 Å². The fourth-order valence-corrected chi connectivity index (χ4v) is 5.34. The first-order chi connectivity index (χ1) is 15.7. The Morgan fingerprint density at radius 3 is 2.39 bits per heavy atom. The fourth-order valence-electron chi connectivity index (χ4n) is 3.27. The van der Waals surface area contributed by atoms with Gasteiger partial charge in [-0.2, -0.15) is 11.3 Å². The van der Waals surface area contributed by atoms with Crippen LogP contribution in [0.3, 0.4) is 0 Å². The third kappa shape index (κ3) is 7.96. The Labute approximate surface area is 208 Å². The summed E-state index contributed by atoms with van der Waals surface area (Å²) in [6, 6.07) is 18.4. The average molecular weight is 499 g/mol. The van der Waals surface area contributed by atoms with Crippen LogP contribution in [0.1, 0.15) is 5.56 Å². The minimum atomic E-state index is -1.33. The van der Waals surface area contributed by atoms with E-state index in [1.165, 1.54) is 10.8 Å². The van der Waals surface area contributed by atoms with Gasteiger partial charge in [0.1, 0.15) is 18.1 Å². The molecule has 0 N–H and O–H groups in total. The minimum absolute atomic E-state index is 0.404. The highest BCUT2D eigenvalue weighted by molar-refractivity contribution is 7.80. The van der Waals surface area contributed by atoms with Crippen LogP contribution < -0.4 is 19.6 Å². The van der Waals surface area contributed by atoms with E-state index in [1.54, 1.807) is 11.3 Å². The second kappa shape index (κ2) is 11.8. The molecule has 4 nitrogen and oxygen atoms in total. The van der Waals surface area contributed by atoms with Crippen LogP contribution in [0, 0.1) is 0 Å². The smallest absolute Gasteiger partial charge is 0.269 e. The number of benzene rings is 2. The van der Waals surface area contributed by atoms with Gasteiger partial charge in [0, 0.05) is 31.9 Å². The highest BCUT2D eigenvalue weighted by atomic mass is 32.1. The standard InChI is InChI=1S/C26H34N2O2S2Si/c1-27(15-13-21-14-18-32-20-21)16-17-29-24-8-6-7-22(19-24)28(2)26(31)30-23-9-11-25(12-10-23)33(3,4)5/h6-12,14,18-20H,13,15-17H2,1-5H3. The maximum atomic E-state index is 6.00. The topological polar surface area (TPSA) is 24.9 Å². The molecule has 0 aliphatic heterocycles. The van der Waals surface area contributed by atoms with Crippen LogP contribution >= 0.6 is 23.6 Å². The van der Waals surface area contributed by atoms with Gasteiger partial charge in [-0.05, 0) is 72.3 Å². The van der Waals surface area contributed by atoms with E-state index in [0.717, 1.165) is 36.7 Å². The monoisotopic (exact) mass is 498 g/mol. The number of likely N-dealkylation sites (N-methyl/N-ethyl adjacent to an activating group) is 1. The van der Waals surface area contributed by atoms with Gasteiger partial charge in [-0.15, -0.1) is 0 Å². The number of rotatable bonds is 10. The molecule has 3 aromatic rings. The van der Waals surface area contributed by atoms with Crippen molar-refractivity contribution in [2.24, 2.45) is 0 Å². The maximum Gasteiger partial charge on any atom is 0.269 e. The van der Waals surface area contributed by atoms with Gasteiger partial charge in [-0.3, -0.25) is 0 Å². The van der Waals surface area contributed by atoms with Crippen molar-refractivity contribution in [1.29, 1.82) is 0 Å². The van der Waals surface area contributed by atoms with E-state index in [2.05, 4.69) is 60.5 Å². The number of ether oxygens (including phenoxy) is 2. The largest absolute Gasteiger partial charge is 0.492 e.